The van der Waals surface area contributed by atoms with Gasteiger partial charge in [-0.05, 0) is 31.2 Å². The average molecular weight is 344 g/mol. The molecule has 0 saturated heterocycles. The lowest BCUT2D eigenvalue weighted by atomic mass is 9.80. The van der Waals surface area contributed by atoms with Crippen LogP contribution in [0.2, 0.25) is 0 Å². The van der Waals surface area contributed by atoms with Gasteiger partial charge in [0.2, 0.25) is 0 Å². The molecule has 0 spiro atoms. The van der Waals surface area contributed by atoms with Crippen LogP contribution in [0.1, 0.15) is 74.5 Å². The second kappa shape index (κ2) is 6.92. The molecule has 1 saturated carbocycles. The number of fused-ring (bicyclic) bond motifs is 1. The minimum absolute atomic E-state index is 0.315. The molecule has 2 aromatic rings. The van der Waals surface area contributed by atoms with Gasteiger partial charge in [0.15, 0.2) is 5.89 Å². The number of nitrogens with zero attached hydrogens (tertiary/aromatic N) is 4. The first-order chi connectivity index (χ1) is 12.1. The average Bonchev–Trinajstić information content (AvgIpc) is 3.09. The largest absolute Gasteiger partial charge is 0.448 e. The monoisotopic (exact) mass is 344 g/mol. The Kier molecular flexibility index (Phi) is 4.65. The van der Waals surface area contributed by atoms with E-state index in [2.05, 4.69) is 39.6 Å². The fraction of sp³-hybridized carbons (Fsp3) is 0.684. The lowest BCUT2D eigenvalue weighted by Gasteiger charge is -2.29. The zero-order valence-corrected chi connectivity index (χ0v) is 15.2. The number of rotatable bonds is 5. The van der Waals surface area contributed by atoms with E-state index in [1.54, 1.807) is 6.26 Å². The molecule has 25 heavy (non-hydrogen) atoms. The zero-order chi connectivity index (χ0) is 17.4. The fourth-order valence-electron chi connectivity index (χ4n) is 3.72. The third kappa shape index (κ3) is 3.51. The second-order valence-electron chi connectivity index (χ2n) is 7.82. The fourth-order valence-corrected chi connectivity index (χ4v) is 3.72. The van der Waals surface area contributed by atoms with Crippen LogP contribution in [0.15, 0.2) is 16.7 Å². The minimum atomic E-state index is -0.397. The Bertz CT molecular complexity index is 717. The van der Waals surface area contributed by atoms with Crippen LogP contribution in [0.3, 0.4) is 0 Å². The summed E-state index contributed by atoms with van der Waals surface area (Å²) in [6.07, 6.45) is 5.93. The highest BCUT2D eigenvalue weighted by molar-refractivity contribution is 5.15. The van der Waals surface area contributed by atoms with Gasteiger partial charge < -0.3 is 9.52 Å². The van der Waals surface area contributed by atoms with Crippen LogP contribution in [0.4, 0.5) is 0 Å². The molecule has 136 valence electrons. The molecule has 0 amide bonds. The van der Waals surface area contributed by atoms with Gasteiger partial charge in [-0.25, -0.2) is 4.98 Å². The van der Waals surface area contributed by atoms with Crippen molar-refractivity contribution >= 4 is 0 Å². The number of aliphatic hydroxyl groups excluding tert-OH is 1. The van der Waals surface area contributed by atoms with Crippen molar-refractivity contribution in [1.82, 2.24) is 19.7 Å². The van der Waals surface area contributed by atoms with E-state index in [1.807, 2.05) is 0 Å². The number of aliphatic hydroxyl groups is 1. The highest BCUT2D eigenvalue weighted by Crippen LogP contribution is 2.37. The van der Waals surface area contributed by atoms with Crippen LogP contribution in [-0.4, -0.2) is 31.3 Å². The summed E-state index contributed by atoms with van der Waals surface area (Å²) in [5, 5.41) is 15.2. The van der Waals surface area contributed by atoms with E-state index in [0.29, 0.717) is 11.8 Å². The third-order valence-corrected chi connectivity index (χ3v) is 5.46. The van der Waals surface area contributed by atoms with Crippen LogP contribution in [0, 0.1) is 5.92 Å². The second-order valence-corrected chi connectivity index (χ2v) is 7.82. The molecule has 1 atom stereocenters. The van der Waals surface area contributed by atoms with Crippen LogP contribution in [0.25, 0.3) is 0 Å². The molecule has 4 rings (SSSR count). The lowest BCUT2D eigenvalue weighted by molar-refractivity contribution is 0.0581. The number of aromatic nitrogens is 3. The molecule has 0 aromatic carbocycles. The van der Waals surface area contributed by atoms with Crippen molar-refractivity contribution in [3.05, 3.63) is 35.3 Å². The van der Waals surface area contributed by atoms with E-state index < -0.39 is 6.10 Å². The summed E-state index contributed by atoms with van der Waals surface area (Å²) in [5.74, 6) is 1.52. The Morgan fingerprint density at radius 3 is 2.80 bits per heavy atom. The Balaban J connectivity index is 1.45. The maximum atomic E-state index is 10.5. The summed E-state index contributed by atoms with van der Waals surface area (Å²) in [5.41, 5.74) is 3.04. The molecule has 0 radical (unpaired) electrons. The number of oxazole rings is 1. The maximum Gasteiger partial charge on any atom is 0.196 e. The van der Waals surface area contributed by atoms with Crippen LogP contribution in [-0.2, 0) is 19.6 Å². The number of hydrogen-bond acceptors (Lipinski definition) is 5. The minimum Gasteiger partial charge on any atom is -0.448 e. The SMILES string of the molecule is CC(C)c1nc(CN2CCCn3nc([C@H](O)C4CCC4)cc3C2)co1. The van der Waals surface area contributed by atoms with E-state index in [0.717, 1.165) is 62.7 Å². The Labute approximate surface area is 148 Å². The molecule has 6 nitrogen and oxygen atoms in total. The smallest absolute Gasteiger partial charge is 0.196 e. The molecular weight excluding hydrogens is 316 g/mol. The predicted octanol–water partition coefficient (Wildman–Crippen LogP) is 3.23. The van der Waals surface area contributed by atoms with Gasteiger partial charge in [0, 0.05) is 32.1 Å². The van der Waals surface area contributed by atoms with Crippen molar-refractivity contribution in [2.75, 3.05) is 6.54 Å². The summed E-state index contributed by atoms with van der Waals surface area (Å²) in [7, 11) is 0. The normalized spacial score (nSPS) is 20.3. The van der Waals surface area contributed by atoms with E-state index >= 15 is 0 Å². The van der Waals surface area contributed by atoms with Crippen molar-refractivity contribution < 1.29 is 9.52 Å². The number of hydrogen-bond donors (Lipinski definition) is 1. The first kappa shape index (κ1) is 16.8. The topological polar surface area (TPSA) is 67.3 Å². The third-order valence-electron chi connectivity index (χ3n) is 5.46. The van der Waals surface area contributed by atoms with E-state index in [1.165, 1.54) is 12.1 Å². The highest BCUT2D eigenvalue weighted by atomic mass is 16.3. The first-order valence-corrected chi connectivity index (χ1v) is 9.51. The lowest BCUT2D eigenvalue weighted by Crippen LogP contribution is -2.23. The summed E-state index contributed by atoms with van der Waals surface area (Å²) >= 11 is 0. The summed E-state index contributed by atoms with van der Waals surface area (Å²) in [6, 6.07) is 2.10. The van der Waals surface area contributed by atoms with Gasteiger partial charge in [0.25, 0.3) is 0 Å². The highest BCUT2D eigenvalue weighted by Gasteiger charge is 2.29. The van der Waals surface area contributed by atoms with Crippen LogP contribution in [0.5, 0.6) is 0 Å². The van der Waals surface area contributed by atoms with Gasteiger partial charge in [-0.3, -0.25) is 9.58 Å². The molecule has 1 N–H and O–H groups in total. The van der Waals surface area contributed by atoms with E-state index in [9.17, 15) is 5.11 Å². The van der Waals surface area contributed by atoms with Gasteiger partial charge in [0.1, 0.15) is 12.4 Å². The van der Waals surface area contributed by atoms with Crippen LogP contribution >= 0.6 is 0 Å². The van der Waals surface area contributed by atoms with Gasteiger partial charge >= 0.3 is 0 Å². The quantitative estimate of drug-likeness (QED) is 0.902. The molecule has 0 unspecified atom stereocenters. The summed E-state index contributed by atoms with van der Waals surface area (Å²) in [4.78, 5) is 6.99. The van der Waals surface area contributed by atoms with E-state index in [-0.39, 0.29) is 0 Å². The molecule has 1 aliphatic carbocycles. The maximum absolute atomic E-state index is 10.5. The Hall–Kier alpha value is -1.66. The Morgan fingerprint density at radius 1 is 1.28 bits per heavy atom. The molecule has 6 heteroatoms. The molecular formula is C19H28N4O2. The van der Waals surface area contributed by atoms with Crippen molar-refractivity contribution in [3.8, 4) is 0 Å². The van der Waals surface area contributed by atoms with Crippen molar-refractivity contribution in [2.24, 2.45) is 5.92 Å². The Morgan fingerprint density at radius 2 is 2.12 bits per heavy atom. The molecule has 2 aromatic heterocycles. The molecule has 3 heterocycles. The van der Waals surface area contributed by atoms with Gasteiger partial charge in [0.05, 0.1) is 17.1 Å². The molecule has 1 fully saturated rings. The number of aryl methyl sites for hydroxylation is 1. The summed E-state index contributed by atoms with van der Waals surface area (Å²) in [6.45, 7) is 7.76. The molecule has 2 aliphatic rings. The van der Waals surface area contributed by atoms with Crippen molar-refractivity contribution in [1.29, 1.82) is 0 Å². The van der Waals surface area contributed by atoms with Gasteiger partial charge in [-0.15, -0.1) is 0 Å². The van der Waals surface area contributed by atoms with Gasteiger partial charge in [-0.1, -0.05) is 20.3 Å². The van der Waals surface area contributed by atoms with Crippen molar-refractivity contribution in [3.63, 3.8) is 0 Å². The predicted molar refractivity (Wildman–Crippen MR) is 93.9 cm³/mol. The standard InChI is InChI=1S/C19H28N4O2/c1-13(2)19-20-15(12-25-19)10-22-7-4-8-23-16(11-22)9-17(21-23)18(24)14-5-3-6-14/h9,12-14,18,24H,3-8,10-11H2,1-2H3/t18-/m1/s1. The van der Waals surface area contributed by atoms with Crippen molar-refractivity contribution in [2.45, 2.75) is 71.2 Å². The first-order valence-electron chi connectivity index (χ1n) is 9.51. The molecule has 1 aliphatic heterocycles. The zero-order valence-electron chi connectivity index (χ0n) is 15.2. The van der Waals surface area contributed by atoms with Crippen LogP contribution < -0.4 is 0 Å². The van der Waals surface area contributed by atoms with E-state index in [4.69, 9.17) is 4.42 Å². The molecule has 0 bridgehead atoms. The summed E-state index contributed by atoms with van der Waals surface area (Å²) < 4.78 is 7.64. The van der Waals surface area contributed by atoms with Gasteiger partial charge in [-0.2, -0.15) is 5.10 Å².